The van der Waals surface area contributed by atoms with Crippen molar-refractivity contribution in [2.45, 2.75) is 19.8 Å². The van der Waals surface area contributed by atoms with Gasteiger partial charge in [0.15, 0.2) is 5.11 Å². The van der Waals surface area contributed by atoms with E-state index in [0.717, 1.165) is 12.8 Å². The molecule has 136 valence electrons. The summed E-state index contributed by atoms with van der Waals surface area (Å²) in [6.45, 7) is 2.74. The van der Waals surface area contributed by atoms with Gasteiger partial charge in [-0.2, -0.15) is 0 Å². The number of nitrogens with zero attached hydrogens (tertiary/aromatic N) is 1. The van der Waals surface area contributed by atoms with Crippen LogP contribution in [0.3, 0.4) is 0 Å². The Kier molecular flexibility index (Phi) is 7.50. The third kappa shape index (κ3) is 6.14. The lowest BCUT2D eigenvalue weighted by atomic mass is 10.2. The van der Waals surface area contributed by atoms with Crippen LogP contribution in [0.1, 0.15) is 40.5 Å². The fraction of sp³-hybridized carbons (Fsp3) is 0.222. The summed E-state index contributed by atoms with van der Waals surface area (Å²) in [4.78, 5) is 27.8. The number of thiocarbonyl (C=S) groups is 1. The molecule has 1 aromatic carbocycles. The smallest absolute Gasteiger partial charge is 0.269 e. The predicted octanol–water partition coefficient (Wildman–Crippen LogP) is 2.21. The molecule has 3 N–H and O–H groups in total. The quantitative estimate of drug-likeness (QED) is 0.409. The van der Waals surface area contributed by atoms with Crippen LogP contribution in [-0.4, -0.2) is 28.5 Å². The zero-order valence-electron chi connectivity index (χ0n) is 14.3. The number of amides is 2. The van der Waals surface area contributed by atoms with Crippen LogP contribution >= 0.6 is 12.2 Å². The second-order valence-electron chi connectivity index (χ2n) is 5.32. The van der Waals surface area contributed by atoms with E-state index in [1.165, 1.54) is 12.4 Å². The van der Waals surface area contributed by atoms with E-state index in [9.17, 15) is 9.59 Å². The van der Waals surface area contributed by atoms with Gasteiger partial charge in [0.05, 0.1) is 6.61 Å². The molecule has 8 heteroatoms. The van der Waals surface area contributed by atoms with Crippen molar-refractivity contribution in [2.24, 2.45) is 0 Å². The molecule has 0 aliphatic carbocycles. The number of hydrazine groups is 1. The highest BCUT2D eigenvalue weighted by Gasteiger charge is 2.09. The van der Waals surface area contributed by atoms with Gasteiger partial charge in [0.25, 0.3) is 11.8 Å². The summed E-state index contributed by atoms with van der Waals surface area (Å²) >= 11 is 5.00. The van der Waals surface area contributed by atoms with Crippen LogP contribution in [0.25, 0.3) is 0 Å². The first-order valence-electron chi connectivity index (χ1n) is 8.14. The summed E-state index contributed by atoms with van der Waals surface area (Å²) in [5.41, 5.74) is 5.73. The van der Waals surface area contributed by atoms with Crippen molar-refractivity contribution in [2.75, 3.05) is 6.61 Å². The summed E-state index contributed by atoms with van der Waals surface area (Å²) in [5.74, 6) is -0.0707. The minimum absolute atomic E-state index is 0.0133. The van der Waals surface area contributed by atoms with Crippen molar-refractivity contribution in [3.05, 3.63) is 59.9 Å². The first kappa shape index (κ1) is 19.3. The number of aromatic nitrogens is 1. The van der Waals surface area contributed by atoms with Gasteiger partial charge in [-0.1, -0.05) is 13.3 Å². The summed E-state index contributed by atoms with van der Waals surface area (Å²) in [7, 11) is 0. The Morgan fingerprint density at radius 1 is 1.00 bits per heavy atom. The lowest BCUT2D eigenvalue weighted by Crippen LogP contribution is -2.48. The van der Waals surface area contributed by atoms with Crippen LogP contribution in [0.4, 0.5) is 0 Å². The molecule has 0 saturated heterocycles. The third-order valence-corrected chi connectivity index (χ3v) is 3.55. The molecular formula is C18H20N4O3S. The van der Waals surface area contributed by atoms with E-state index in [1.54, 1.807) is 36.4 Å². The van der Waals surface area contributed by atoms with E-state index in [-0.39, 0.29) is 11.0 Å². The topological polar surface area (TPSA) is 92.4 Å². The van der Waals surface area contributed by atoms with Crippen molar-refractivity contribution in [3.8, 4) is 5.75 Å². The highest BCUT2D eigenvalue weighted by atomic mass is 32.1. The van der Waals surface area contributed by atoms with Crippen LogP contribution in [0.5, 0.6) is 5.75 Å². The lowest BCUT2D eigenvalue weighted by Gasteiger charge is -2.11. The van der Waals surface area contributed by atoms with Crippen LogP contribution in [-0.2, 0) is 0 Å². The SMILES string of the molecule is CCCCOc1ccc(C(=O)NC(=S)NNC(=O)c2ccncc2)cc1. The fourth-order valence-electron chi connectivity index (χ4n) is 1.93. The largest absolute Gasteiger partial charge is 0.494 e. The maximum absolute atomic E-state index is 12.1. The molecule has 2 rings (SSSR count). The number of hydrogen-bond donors (Lipinski definition) is 3. The van der Waals surface area contributed by atoms with Gasteiger partial charge in [-0.05, 0) is 55.0 Å². The molecule has 2 aromatic rings. The van der Waals surface area contributed by atoms with Crippen molar-refractivity contribution in [1.82, 2.24) is 21.2 Å². The number of unbranched alkanes of at least 4 members (excludes halogenated alkanes) is 1. The number of rotatable bonds is 6. The van der Waals surface area contributed by atoms with Gasteiger partial charge in [0.2, 0.25) is 0 Å². The molecule has 0 atom stereocenters. The zero-order chi connectivity index (χ0) is 18.8. The molecule has 0 bridgehead atoms. The first-order chi connectivity index (χ1) is 12.6. The van der Waals surface area contributed by atoms with Gasteiger partial charge in [-0.15, -0.1) is 0 Å². The molecule has 0 aliphatic heterocycles. The predicted molar refractivity (Wildman–Crippen MR) is 102 cm³/mol. The van der Waals surface area contributed by atoms with Crippen LogP contribution in [0.15, 0.2) is 48.8 Å². The van der Waals surface area contributed by atoms with E-state index in [4.69, 9.17) is 17.0 Å². The molecular weight excluding hydrogens is 352 g/mol. The molecule has 0 fully saturated rings. The van der Waals surface area contributed by atoms with Crippen molar-refractivity contribution in [1.29, 1.82) is 0 Å². The summed E-state index contributed by atoms with van der Waals surface area (Å²) in [6, 6.07) is 9.87. The Bertz CT molecular complexity index is 751. The van der Waals surface area contributed by atoms with Gasteiger partial charge in [-0.3, -0.25) is 30.7 Å². The van der Waals surface area contributed by atoms with Crippen LogP contribution in [0.2, 0.25) is 0 Å². The van der Waals surface area contributed by atoms with Crippen molar-refractivity contribution >= 4 is 29.1 Å². The Hall–Kier alpha value is -3.00. The number of benzene rings is 1. The molecule has 2 amide bonds. The zero-order valence-corrected chi connectivity index (χ0v) is 15.1. The molecule has 0 saturated carbocycles. The average molecular weight is 372 g/mol. The number of carbonyl (C=O) groups excluding carboxylic acids is 2. The molecule has 26 heavy (non-hydrogen) atoms. The number of pyridine rings is 1. The number of nitrogens with one attached hydrogen (secondary N) is 3. The molecule has 1 heterocycles. The Morgan fingerprint density at radius 3 is 2.31 bits per heavy atom. The highest BCUT2D eigenvalue weighted by Crippen LogP contribution is 2.12. The molecule has 0 spiro atoms. The Morgan fingerprint density at radius 2 is 1.65 bits per heavy atom. The minimum Gasteiger partial charge on any atom is -0.494 e. The average Bonchev–Trinajstić information content (AvgIpc) is 2.67. The Balaban J connectivity index is 1.79. The van der Waals surface area contributed by atoms with E-state index >= 15 is 0 Å². The van der Waals surface area contributed by atoms with Crippen molar-refractivity contribution < 1.29 is 14.3 Å². The second kappa shape index (κ2) is 10.1. The minimum atomic E-state index is -0.391. The number of hydrogen-bond acceptors (Lipinski definition) is 5. The fourth-order valence-corrected chi connectivity index (χ4v) is 2.08. The van der Waals surface area contributed by atoms with Crippen molar-refractivity contribution in [3.63, 3.8) is 0 Å². The molecule has 0 radical (unpaired) electrons. The summed E-state index contributed by atoms with van der Waals surface area (Å²) in [6.07, 6.45) is 5.05. The third-order valence-electron chi connectivity index (χ3n) is 3.34. The van der Waals surface area contributed by atoms with Crippen LogP contribution < -0.4 is 20.9 Å². The summed E-state index contributed by atoms with van der Waals surface area (Å²) < 4.78 is 5.55. The van der Waals surface area contributed by atoms with Crippen LogP contribution in [0, 0.1) is 0 Å². The molecule has 1 aromatic heterocycles. The number of carbonyl (C=O) groups is 2. The first-order valence-corrected chi connectivity index (χ1v) is 8.55. The second-order valence-corrected chi connectivity index (χ2v) is 5.73. The van der Waals surface area contributed by atoms with Gasteiger partial charge in [-0.25, -0.2) is 0 Å². The maximum Gasteiger partial charge on any atom is 0.269 e. The highest BCUT2D eigenvalue weighted by molar-refractivity contribution is 7.80. The van der Waals surface area contributed by atoms with Gasteiger partial charge in [0, 0.05) is 23.5 Å². The van der Waals surface area contributed by atoms with Gasteiger partial charge < -0.3 is 4.74 Å². The van der Waals surface area contributed by atoms with Gasteiger partial charge in [0.1, 0.15) is 5.75 Å². The monoisotopic (exact) mass is 372 g/mol. The van der Waals surface area contributed by atoms with E-state index < -0.39 is 5.91 Å². The summed E-state index contributed by atoms with van der Waals surface area (Å²) in [5, 5.41) is 2.48. The standard InChI is InChI=1S/C18H20N4O3S/c1-2-3-12-25-15-6-4-13(5-7-15)16(23)20-18(26)22-21-17(24)14-8-10-19-11-9-14/h4-11H,2-3,12H2,1H3,(H,21,24)(H2,20,22,23,26). The lowest BCUT2D eigenvalue weighted by molar-refractivity contribution is 0.0934. The molecule has 7 nitrogen and oxygen atoms in total. The van der Waals surface area contributed by atoms with E-state index in [0.29, 0.717) is 23.5 Å². The number of ether oxygens (including phenoxy) is 1. The molecule has 0 unspecified atom stereocenters. The normalized spacial score (nSPS) is 9.88. The molecule has 0 aliphatic rings. The van der Waals surface area contributed by atoms with Gasteiger partial charge >= 0.3 is 0 Å². The Labute approximate surface area is 157 Å². The maximum atomic E-state index is 12.1. The van der Waals surface area contributed by atoms with E-state index in [1.807, 2.05) is 0 Å². The van der Waals surface area contributed by atoms with E-state index in [2.05, 4.69) is 28.1 Å².